The summed E-state index contributed by atoms with van der Waals surface area (Å²) in [5.74, 6) is 1.77. The molecule has 1 aliphatic rings. The number of hydrogen-bond acceptors (Lipinski definition) is 2. The third-order valence-corrected chi connectivity index (χ3v) is 3.46. The average molecular weight is 255 g/mol. The Morgan fingerprint density at radius 2 is 2.36 bits per heavy atom. The fourth-order valence-corrected chi connectivity index (χ4v) is 1.99. The number of anilines is 1. The Morgan fingerprint density at radius 1 is 1.64 bits per heavy atom. The highest BCUT2D eigenvalue weighted by Gasteiger charge is 2.44. The zero-order chi connectivity index (χ0) is 10.2. The predicted molar refractivity (Wildman–Crippen MR) is 62.3 cm³/mol. The molecule has 0 aliphatic heterocycles. The van der Waals surface area contributed by atoms with Crippen LogP contribution in [-0.2, 0) is 0 Å². The van der Waals surface area contributed by atoms with Crippen LogP contribution in [0.2, 0.25) is 0 Å². The second-order valence-electron chi connectivity index (χ2n) is 4.63. The molecule has 1 N–H and O–H groups in total. The summed E-state index contributed by atoms with van der Waals surface area (Å²) in [6, 6.07) is 3.95. The molecule has 0 amide bonds. The van der Waals surface area contributed by atoms with Crippen molar-refractivity contribution < 1.29 is 0 Å². The summed E-state index contributed by atoms with van der Waals surface area (Å²) in [5, 5.41) is 3.36. The number of nitrogens with zero attached hydrogens (tertiary/aromatic N) is 1. The Hall–Kier alpha value is -0.570. The molecule has 0 saturated heterocycles. The molecule has 14 heavy (non-hydrogen) atoms. The maximum absolute atomic E-state index is 4.25. The van der Waals surface area contributed by atoms with Gasteiger partial charge < -0.3 is 5.32 Å². The topological polar surface area (TPSA) is 24.9 Å². The van der Waals surface area contributed by atoms with Crippen LogP contribution >= 0.6 is 15.9 Å². The molecule has 1 aliphatic carbocycles. The van der Waals surface area contributed by atoms with Gasteiger partial charge in [-0.15, -0.1) is 0 Å². The Morgan fingerprint density at radius 3 is 2.93 bits per heavy atom. The van der Waals surface area contributed by atoms with E-state index >= 15 is 0 Å². The number of hydrogen-bond donors (Lipinski definition) is 1. The predicted octanol–water partition coefficient (Wildman–Crippen LogP) is 3.30. The number of pyridine rings is 1. The van der Waals surface area contributed by atoms with Gasteiger partial charge in [-0.1, -0.05) is 29.8 Å². The van der Waals surface area contributed by atoms with Gasteiger partial charge in [0.15, 0.2) is 0 Å². The molecule has 2 rings (SSSR count). The SMILES string of the molecule is CC1(C)CC1CNc1cc(Br)ccn1. The summed E-state index contributed by atoms with van der Waals surface area (Å²) in [4.78, 5) is 4.25. The lowest BCUT2D eigenvalue weighted by molar-refractivity contribution is 0.573. The summed E-state index contributed by atoms with van der Waals surface area (Å²) >= 11 is 3.43. The number of halogens is 1. The van der Waals surface area contributed by atoms with Gasteiger partial charge in [-0.25, -0.2) is 4.98 Å². The van der Waals surface area contributed by atoms with E-state index in [4.69, 9.17) is 0 Å². The minimum atomic E-state index is 0.541. The summed E-state index contributed by atoms with van der Waals surface area (Å²) in [6.45, 7) is 5.66. The van der Waals surface area contributed by atoms with E-state index in [-0.39, 0.29) is 0 Å². The Bertz CT molecular complexity index is 336. The Kier molecular flexibility index (Phi) is 2.52. The molecular weight excluding hydrogens is 240 g/mol. The van der Waals surface area contributed by atoms with Crippen molar-refractivity contribution in [2.45, 2.75) is 20.3 Å². The van der Waals surface area contributed by atoms with Gasteiger partial charge in [0.2, 0.25) is 0 Å². The third kappa shape index (κ3) is 2.27. The highest BCUT2D eigenvalue weighted by molar-refractivity contribution is 9.10. The van der Waals surface area contributed by atoms with Crippen LogP contribution in [0.25, 0.3) is 0 Å². The first kappa shape index (κ1) is 9.97. The molecule has 1 fully saturated rings. The van der Waals surface area contributed by atoms with Gasteiger partial charge in [-0.3, -0.25) is 0 Å². The zero-order valence-corrected chi connectivity index (χ0v) is 10.1. The van der Waals surface area contributed by atoms with Crippen LogP contribution in [0.5, 0.6) is 0 Å². The second kappa shape index (κ2) is 3.54. The lowest BCUT2D eigenvalue weighted by Gasteiger charge is -2.06. The molecule has 1 unspecified atom stereocenters. The normalized spacial score (nSPS) is 23.2. The maximum atomic E-state index is 4.25. The largest absolute Gasteiger partial charge is 0.370 e. The maximum Gasteiger partial charge on any atom is 0.127 e. The lowest BCUT2D eigenvalue weighted by atomic mass is 10.1. The van der Waals surface area contributed by atoms with Crippen LogP contribution in [0.1, 0.15) is 20.3 Å². The molecule has 0 bridgehead atoms. The van der Waals surface area contributed by atoms with Crippen LogP contribution in [0, 0.1) is 11.3 Å². The van der Waals surface area contributed by atoms with E-state index in [2.05, 4.69) is 40.1 Å². The monoisotopic (exact) mass is 254 g/mol. The van der Waals surface area contributed by atoms with Crippen LogP contribution < -0.4 is 5.32 Å². The lowest BCUT2D eigenvalue weighted by Crippen LogP contribution is -2.08. The van der Waals surface area contributed by atoms with E-state index in [0.29, 0.717) is 5.41 Å². The molecule has 3 heteroatoms. The van der Waals surface area contributed by atoms with Crippen molar-refractivity contribution in [3.05, 3.63) is 22.8 Å². The van der Waals surface area contributed by atoms with E-state index in [9.17, 15) is 0 Å². The van der Waals surface area contributed by atoms with Crippen molar-refractivity contribution in [3.63, 3.8) is 0 Å². The highest BCUT2D eigenvalue weighted by Crippen LogP contribution is 2.51. The molecular formula is C11H15BrN2. The molecule has 1 aromatic heterocycles. The first-order valence-corrected chi connectivity index (χ1v) is 5.73. The summed E-state index contributed by atoms with van der Waals surface area (Å²) in [5.41, 5.74) is 0.541. The van der Waals surface area contributed by atoms with E-state index in [0.717, 1.165) is 22.8 Å². The quantitative estimate of drug-likeness (QED) is 0.896. The van der Waals surface area contributed by atoms with Crippen molar-refractivity contribution in [1.82, 2.24) is 4.98 Å². The van der Waals surface area contributed by atoms with Crippen LogP contribution in [-0.4, -0.2) is 11.5 Å². The van der Waals surface area contributed by atoms with Gasteiger partial charge in [-0.2, -0.15) is 0 Å². The van der Waals surface area contributed by atoms with Crippen molar-refractivity contribution in [2.75, 3.05) is 11.9 Å². The van der Waals surface area contributed by atoms with Crippen molar-refractivity contribution in [1.29, 1.82) is 0 Å². The molecule has 76 valence electrons. The van der Waals surface area contributed by atoms with Gasteiger partial charge in [0.25, 0.3) is 0 Å². The molecule has 1 atom stereocenters. The first-order chi connectivity index (χ1) is 6.58. The molecule has 1 heterocycles. The molecule has 0 spiro atoms. The summed E-state index contributed by atoms with van der Waals surface area (Å²) < 4.78 is 1.07. The van der Waals surface area contributed by atoms with Gasteiger partial charge in [0.1, 0.15) is 5.82 Å². The van der Waals surface area contributed by atoms with Crippen LogP contribution in [0.15, 0.2) is 22.8 Å². The standard InChI is InChI=1S/C11H15BrN2/c1-11(2)6-8(11)7-14-10-5-9(12)3-4-13-10/h3-5,8H,6-7H2,1-2H3,(H,13,14). The Labute approximate surface area is 93.3 Å². The van der Waals surface area contributed by atoms with Gasteiger partial charge >= 0.3 is 0 Å². The minimum absolute atomic E-state index is 0.541. The fraction of sp³-hybridized carbons (Fsp3) is 0.545. The third-order valence-electron chi connectivity index (χ3n) is 2.97. The highest BCUT2D eigenvalue weighted by atomic mass is 79.9. The van der Waals surface area contributed by atoms with E-state index in [1.165, 1.54) is 6.42 Å². The summed E-state index contributed by atoms with van der Waals surface area (Å²) in [6.07, 6.45) is 3.14. The van der Waals surface area contributed by atoms with Crippen LogP contribution in [0.3, 0.4) is 0 Å². The number of nitrogens with one attached hydrogen (secondary N) is 1. The van der Waals surface area contributed by atoms with Gasteiger partial charge in [0.05, 0.1) is 0 Å². The Balaban J connectivity index is 1.87. The molecule has 2 nitrogen and oxygen atoms in total. The van der Waals surface area contributed by atoms with Crippen molar-refractivity contribution in [3.8, 4) is 0 Å². The zero-order valence-electron chi connectivity index (χ0n) is 8.55. The summed E-state index contributed by atoms with van der Waals surface area (Å²) in [7, 11) is 0. The van der Waals surface area contributed by atoms with E-state index < -0.39 is 0 Å². The molecule has 0 radical (unpaired) electrons. The molecule has 1 aromatic rings. The van der Waals surface area contributed by atoms with E-state index in [1.807, 2.05) is 18.3 Å². The number of aromatic nitrogens is 1. The number of rotatable bonds is 3. The smallest absolute Gasteiger partial charge is 0.127 e. The second-order valence-corrected chi connectivity index (χ2v) is 5.55. The van der Waals surface area contributed by atoms with E-state index in [1.54, 1.807) is 0 Å². The average Bonchev–Trinajstić information content (AvgIpc) is 2.71. The first-order valence-electron chi connectivity index (χ1n) is 4.93. The fourth-order valence-electron chi connectivity index (χ4n) is 1.65. The van der Waals surface area contributed by atoms with Gasteiger partial charge in [-0.05, 0) is 29.9 Å². The minimum Gasteiger partial charge on any atom is -0.370 e. The molecule has 0 aromatic carbocycles. The van der Waals surface area contributed by atoms with Gasteiger partial charge in [0, 0.05) is 17.2 Å². The van der Waals surface area contributed by atoms with Crippen LogP contribution in [0.4, 0.5) is 5.82 Å². The van der Waals surface area contributed by atoms with Crippen molar-refractivity contribution >= 4 is 21.7 Å². The molecule has 1 saturated carbocycles. The van der Waals surface area contributed by atoms with Crippen molar-refractivity contribution in [2.24, 2.45) is 11.3 Å².